The van der Waals surface area contributed by atoms with Crippen LogP contribution in [0.2, 0.25) is 0 Å². The average Bonchev–Trinajstić information content (AvgIpc) is 1.85. The summed E-state index contributed by atoms with van der Waals surface area (Å²) in [5.74, 6) is 0. The predicted octanol–water partition coefficient (Wildman–Crippen LogP) is 0.689. The van der Waals surface area contributed by atoms with Crippen LogP contribution in [0.25, 0.3) is 0 Å². The second-order valence-corrected chi connectivity index (χ2v) is 3.18. The predicted molar refractivity (Wildman–Crippen MR) is 44.2 cm³/mol. The van der Waals surface area contributed by atoms with Gasteiger partial charge in [0.2, 0.25) is 0 Å². The first-order valence-electron chi connectivity index (χ1n) is 4.15. The SMILES string of the molecule is CCN(C)[C@H]1C[C@H](NC)C1. The lowest BCUT2D eigenvalue weighted by Gasteiger charge is -2.40. The van der Waals surface area contributed by atoms with E-state index in [1.54, 1.807) is 0 Å². The van der Waals surface area contributed by atoms with Crippen LogP contribution in [0.4, 0.5) is 0 Å². The molecule has 2 heteroatoms. The van der Waals surface area contributed by atoms with Gasteiger partial charge in [0, 0.05) is 12.1 Å². The van der Waals surface area contributed by atoms with E-state index in [1.165, 1.54) is 19.4 Å². The van der Waals surface area contributed by atoms with Crippen LogP contribution >= 0.6 is 0 Å². The molecule has 60 valence electrons. The van der Waals surface area contributed by atoms with Gasteiger partial charge in [-0.05, 0) is 33.5 Å². The summed E-state index contributed by atoms with van der Waals surface area (Å²) in [5.41, 5.74) is 0. The zero-order valence-electron chi connectivity index (χ0n) is 7.22. The van der Waals surface area contributed by atoms with E-state index in [-0.39, 0.29) is 0 Å². The summed E-state index contributed by atoms with van der Waals surface area (Å²) in [6, 6.07) is 1.64. The molecule has 0 spiro atoms. The fourth-order valence-corrected chi connectivity index (χ4v) is 1.44. The van der Waals surface area contributed by atoms with Crippen molar-refractivity contribution in [1.82, 2.24) is 10.2 Å². The molecule has 0 aromatic carbocycles. The molecule has 1 fully saturated rings. The molecule has 0 aliphatic heterocycles. The molecule has 2 nitrogen and oxygen atoms in total. The Morgan fingerprint density at radius 2 is 2.10 bits per heavy atom. The third kappa shape index (κ3) is 1.50. The molecule has 0 aromatic rings. The monoisotopic (exact) mass is 142 g/mol. The smallest absolute Gasteiger partial charge is 0.0122 e. The van der Waals surface area contributed by atoms with E-state index in [9.17, 15) is 0 Å². The lowest BCUT2D eigenvalue weighted by molar-refractivity contribution is 0.131. The highest BCUT2D eigenvalue weighted by atomic mass is 15.1. The Morgan fingerprint density at radius 3 is 2.50 bits per heavy atom. The van der Waals surface area contributed by atoms with E-state index >= 15 is 0 Å². The first kappa shape index (κ1) is 8.02. The molecule has 1 aliphatic rings. The Hall–Kier alpha value is -0.0800. The van der Waals surface area contributed by atoms with Gasteiger partial charge in [0.05, 0.1) is 0 Å². The average molecular weight is 142 g/mol. The molecule has 0 heterocycles. The Morgan fingerprint density at radius 1 is 1.50 bits per heavy atom. The van der Waals surface area contributed by atoms with Gasteiger partial charge in [0.25, 0.3) is 0 Å². The van der Waals surface area contributed by atoms with Crippen molar-refractivity contribution in [3.63, 3.8) is 0 Å². The quantitative estimate of drug-likeness (QED) is 0.623. The van der Waals surface area contributed by atoms with Crippen molar-refractivity contribution in [1.29, 1.82) is 0 Å². The fourth-order valence-electron chi connectivity index (χ4n) is 1.44. The summed E-state index contributed by atoms with van der Waals surface area (Å²) >= 11 is 0. The zero-order chi connectivity index (χ0) is 7.56. The van der Waals surface area contributed by atoms with Gasteiger partial charge in [-0.3, -0.25) is 0 Å². The molecule has 0 atom stereocenters. The van der Waals surface area contributed by atoms with Gasteiger partial charge in [-0.25, -0.2) is 0 Å². The summed E-state index contributed by atoms with van der Waals surface area (Å²) in [6.07, 6.45) is 2.67. The molecule has 1 N–H and O–H groups in total. The summed E-state index contributed by atoms with van der Waals surface area (Å²) in [4.78, 5) is 2.42. The van der Waals surface area contributed by atoms with Crippen molar-refractivity contribution in [3.8, 4) is 0 Å². The molecular formula is C8H18N2. The van der Waals surface area contributed by atoms with Crippen molar-refractivity contribution in [2.75, 3.05) is 20.6 Å². The molecule has 1 rings (SSSR count). The molecular weight excluding hydrogens is 124 g/mol. The normalized spacial score (nSPS) is 32.4. The van der Waals surface area contributed by atoms with Crippen LogP contribution in [0.15, 0.2) is 0 Å². The Kier molecular flexibility index (Phi) is 2.69. The lowest BCUT2D eigenvalue weighted by Crippen LogP contribution is -2.50. The largest absolute Gasteiger partial charge is 0.317 e. The molecule has 0 radical (unpaired) electrons. The van der Waals surface area contributed by atoms with Crippen LogP contribution in [-0.4, -0.2) is 37.6 Å². The zero-order valence-corrected chi connectivity index (χ0v) is 7.22. The number of hydrogen-bond acceptors (Lipinski definition) is 2. The number of rotatable bonds is 3. The van der Waals surface area contributed by atoms with Gasteiger partial charge >= 0.3 is 0 Å². The van der Waals surface area contributed by atoms with E-state index < -0.39 is 0 Å². The van der Waals surface area contributed by atoms with Crippen molar-refractivity contribution in [2.24, 2.45) is 0 Å². The van der Waals surface area contributed by atoms with E-state index in [2.05, 4.69) is 24.2 Å². The van der Waals surface area contributed by atoms with E-state index in [4.69, 9.17) is 0 Å². The van der Waals surface area contributed by atoms with Gasteiger partial charge in [0.15, 0.2) is 0 Å². The molecule has 0 amide bonds. The summed E-state index contributed by atoms with van der Waals surface area (Å²) in [7, 11) is 4.25. The van der Waals surface area contributed by atoms with Crippen LogP contribution in [0, 0.1) is 0 Å². The van der Waals surface area contributed by atoms with Crippen LogP contribution < -0.4 is 5.32 Å². The Balaban J connectivity index is 2.13. The first-order chi connectivity index (χ1) is 4.77. The van der Waals surface area contributed by atoms with E-state index in [0.717, 1.165) is 12.1 Å². The highest BCUT2D eigenvalue weighted by Gasteiger charge is 2.29. The van der Waals surface area contributed by atoms with Gasteiger partial charge in [-0.15, -0.1) is 0 Å². The highest BCUT2D eigenvalue weighted by molar-refractivity contribution is 4.89. The lowest BCUT2D eigenvalue weighted by atomic mass is 9.86. The number of nitrogens with one attached hydrogen (secondary N) is 1. The summed E-state index contributed by atoms with van der Waals surface area (Å²) < 4.78 is 0. The maximum absolute atomic E-state index is 3.28. The van der Waals surface area contributed by atoms with Crippen molar-refractivity contribution < 1.29 is 0 Å². The van der Waals surface area contributed by atoms with Gasteiger partial charge in [-0.2, -0.15) is 0 Å². The minimum Gasteiger partial charge on any atom is -0.317 e. The Labute approximate surface area is 63.6 Å². The van der Waals surface area contributed by atoms with Crippen molar-refractivity contribution in [3.05, 3.63) is 0 Å². The third-order valence-electron chi connectivity index (χ3n) is 2.64. The van der Waals surface area contributed by atoms with Crippen molar-refractivity contribution in [2.45, 2.75) is 31.8 Å². The fraction of sp³-hybridized carbons (Fsp3) is 1.00. The van der Waals surface area contributed by atoms with Crippen molar-refractivity contribution >= 4 is 0 Å². The van der Waals surface area contributed by atoms with Crippen LogP contribution in [0.1, 0.15) is 19.8 Å². The van der Waals surface area contributed by atoms with E-state index in [1.807, 2.05) is 7.05 Å². The van der Waals surface area contributed by atoms with Crippen LogP contribution in [0.3, 0.4) is 0 Å². The molecule has 0 saturated heterocycles. The maximum atomic E-state index is 3.28. The second-order valence-electron chi connectivity index (χ2n) is 3.18. The van der Waals surface area contributed by atoms with Gasteiger partial charge < -0.3 is 10.2 Å². The molecule has 1 aliphatic carbocycles. The maximum Gasteiger partial charge on any atom is 0.0122 e. The molecule has 0 aromatic heterocycles. The van der Waals surface area contributed by atoms with Crippen LogP contribution in [0.5, 0.6) is 0 Å². The van der Waals surface area contributed by atoms with Gasteiger partial charge in [-0.1, -0.05) is 6.92 Å². The molecule has 1 saturated carbocycles. The minimum atomic E-state index is 0.791. The highest BCUT2D eigenvalue weighted by Crippen LogP contribution is 2.23. The standard InChI is InChI=1S/C8H18N2/c1-4-10(3)8-5-7(6-8)9-2/h7-9H,4-6H2,1-3H3/t7-,8-. The number of hydrogen-bond donors (Lipinski definition) is 1. The second kappa shape index (κ2) is 3.35. The third-order valence-corrected chi connectivity index (χ3v) is 2.64. The summed E-state index contributed by atoms with van der Waals surface area (Å²) in [6.45, 7) is 3.40. The van der Waals surface area contributed by atoms with E-state index in [0.29, 0.717) is 0 Å². The molecule has 0 bridgehead atoms. The van der Waals surface area contributed by atoms with Gasteiger partial charge in [0.1, 0.15) is 0 Å². The summed E-state index contributed by atoms with van der Waals surface area (Å²) in [5, 5.41) is 3.28. The molecule has 10 heavy (non-hydrogen) atoms. The van der Waals surface area contributed by atoms with Crippen LogP contribution in [-0.2, 0) is 0 Å². The number of nitrogens with zero attached hydrogens (tertiary/aromatic N) is 1. The Bertz CT molecular complexity index is 97.4. The first-order valence-corrected chi connectivity index (χ1v) is 4.15. The molecule has 0 unspecified atom stereocenters. The topological polar surface area (TPSA) is 15.3 Å². The minimum absolute atomic E-state index is 0.791.